The number of methoxy groups -OCH3 is 1. The number of halogens is 1. The maximum Gasteiger partial charge on any atom is 0.481 e. The number of hydrogen-bond acceptors (Lipinski definition) is 17. The fourth-order valence-corrected chi connectivity index (χ4v) is 8.71. The number of aliphatic hydroxyl groups is 5. The Bertz CT molecular complexity index is 1460. The lowest BCUT2D eigenvalue weighted by Gasteiger charge is -2.49. The second-order valence-corrected chi connectivity index (χ2v) is 14.7. The van der Waals surface area contributed by atoms with Crippen LogP contribution in [0.2, 0.25) is 0 Å². The van der Waals surface area contributed by atoms with Crippen LogP contribution in [0, 0.1) is 11.8 Å². The molecule has 23 heteroatoms. The average Bonchev–Trinajstić information content (AvgIpc) is 3.50. The third kappa shape index (κ3) is 5.54. The molecule has 0 aromatic carbocycles. The molecule has 8 unspecified atom stereocenters. The number of imidazole rings is 1. The first-order valence-electron chi connectivity index (χ1n) is 12.5. The molecule has 9 N–H and O–H groups in total. The van der Waals surface area contributed by atoms with E-state index in [1.165, 1.54) is 31.3 Å². The average molecular weight is 677 g/mol. The van der Waals surface area contributed by atoms with Gasteiger partial charge in [0, 0.05) is 7.11 Å². The Morgan fingerprint density at radius 2 is 1.95 bits per heavy atom. The van der Waals surface area contributed by atoms with Gasteiger partial charge in [0.2, 0.25) is 0 Å². The molecule has 242 valence electrons. The lowest BCUT2D eigenvalue weighted by atomic mass is 9.87. The van der Waals surface area contributed by atoms with E-state index < -0.39 is 94.1 Å². The number of anilines is 1. The van der Waals surface area contributed by atoms with Gasteiger partial charge in [-0.15, -0.1) is 0 Å². The Morgan fingerprint density at radius 1 is 1.26 bits per heavy atom. The molecule has 13 atom stereocenters. The lowest BCUT2D eigenvalue weighted by molar-refractivity contribution is -0.426. The Balaban J connectivity index is 1.23. The largest absolute Gasteiger partial charge is 0.481 e. The Morgan fingerprint density at radius 3 is 2.60 bits per heavy atom. The minimum Gasteiger partial charge on any atom is -0.393 e. The third-order valence-corrected chi connectivity index (χ3v) is 11.4. The number of phosphoric ester groups is 1. The fourth-order valence-electron chi connectivity index (χ4n) is 5.61. The molecule has 2 aliphatic heterocycles. The molecule has 3 fully saturated rings. The number of aliphatic hydroxyl groups excluding tert-OH is 4. The summed E-state index contributed by atoms with van der Waals surface area (Å²) < 4.78 is 59.2. The van der Waals surface area contributed by atoms with Gasteiger partial charge in [0.25, 0.3) is 0 Å². The first-order chi connectivity index (χ1) is 20.0. The smallest absolute Gasteiger partial charge is 0.393 e. The number of nitrogens with two attached hydrogens (primary N) is 1. The number of phosphoric acid groups is 1. The maximum atomic E-state index is 14.1. The highest BCUT2D eigenvalue weighted by Crippen LogP contribution is 2.65. The summed E-state index contributed by atoms with van der Waals surface area (Å²) in [6, 6.07) is 0. The highest BCUT2D eigenvalue weighted by molar-refractivity contribution is 8.08. The van der Waals surface area contributed by atoms with Crippen molar-refractivity contribution in [3.63, 3.8) is 0 Å². The lowest BCUT2D eigenvalue weighted by Crippen LogP contribution is -2.64. The van der Waals surface area contributed by atoms with Crippen molar-refractivity contribution in [3.05, 3.63) is 12.7 Å². The van der Waals surface area contributed by atoms with E-state index in [1.807, 2.05) is 0 Å². The minimum atomic E-state index is -5.37. The zero-order chi connectivity index (χ0) is 31.7. The highest BCUT2D eigenvalue weighted by atomic mass is 32.5. The normalized spacial score (nSPS) is 41.0. The van der Waals surface area contributed by atoms with Crippen LogP contribution in [0.3, 0.4) is 0 Å². The van der Waals surface area contributed by atoms with Crippen LogP contribution in [0.1, 0.15) is 13.2 Å². The van der Waals surface area contributed by atoms with Gasteiger partial charge in [0.05, 0.1) is 43.6 Å². The summed E-state index contributed by atoms with van der Waals surface area (Å²) >= 11 is 4.81. The van der Waals surface area contributed by atoms with Crippen LogP contribution in [0.4, 0.5) is 10.2 Å². The van der Waals surface area contributed by atoms with E-state index >= 15 is 0 Å². The summed E-state index contributed by atoms with van der Waals surface area (Å²) in [6.45, 7) is -4.91. The summed E-state index contributed by atoms with van der Waals surface area (Å²) in [5, 5.41) is 51.0. The van der Waals surface area contributed by atoms with E-state index in [2.05, 4.69) is 19.3 Å². The van der Waals surface area contributed by atoms with Crippen LogP contribution >= 0.6 is 14.5 Å². The molecule has 2 aromatic rings. The number of aromatic nitrogens is 4. The quantitative estimate of drug-likeness (QED) is 0.117. The topological polar surface area (TPSA) is 284 Å². The molecule has 2 aromatic heterocycles. The van der Waals surface area contributed by atoms with Crippen molar-refractivity contribution in [3.8, 4) is 0 Å². The van der Waals surface area contributed by atoms with E-state index in [0.717, 1.165) is 0 Å². The predicted octanol–water partition coefficient (Wildman–Crippen LogP) is -2.22. The van der Waals surface area contributed by atoms with Crippen LogP contribution in [-0.4, -0.2) is 123 Å². The number of hydrogen-bond donors (Lipinski definition) is 8. The van der Waals surface area contributed by atoms with Gasteiger partial charge in [-0.2, -0.15) is 0 Å². The van der Waals surface area contributed by atoms with Gasteiger partial charge >= 0.3 is 14.5 Å². The molecule has 0 radical (unpaired) electrons. The summed E-state index contributed by atoms with van der Waals surface area (Å²) in [6.07, 6.45) is -9.11. The second kappa shape index (κ2) is 11.5. The highest BCUT2D eigenvalue weighted by Gasteiger charge is 2.74. The summed E-state index contributed by atoms with van der Waals surface area (Å²) in [5.74, 6) is -5.88. The second-order valence-electron chi connectivity index (χ2n) is 10.3. The molecule has 4 heterocycles. The van der Waals surface area contributed by atoms with Crippen molar-refractivity contribution in [2.45, 2.75) is 61.4 Å². The third-order valence-electron chi connectivity index (χ3n) is 7.86. The van der Waals surface area contributed by atoms with Crippen molar-refractivity contribution >= 4 is 43.3 Å². The molecular formula is C20H30FN5O14P2S. The van der Waals surface area contributed by atoms with Gasteiger partial charge in [0.1, 0.15) is 35.8 Å². The zero-order valence-electron chi connectivity index (χ0n) is 22.3. The van der Waals surface area contributed by atoms with Gasteiger partial charge in [0.15, 0.2) is 29.8 Å². The molecule has 1 aliphatic carbocycles. The van der Waals surface area contributed by atoms with E-state index in [9.17, 15) is 39.2 Å². The van der Waals surface area contributed by atoms with E-state index in [-0.39, 0.29) is 17.0 Å². The zero-order valence-corrected chi connectivity index (χ0v) is 24.9. The van der Waals surface area contributed by atoms with Gasteiger partial charge in [-0.3, -0.25) is 9.09 Å². The predicted molar refractivity (Wildman–Crippen MR) is 140 cm³/mol. The van der Waals surface area contributed by atoms with Crippen molar-refractivity contribution in [2.24, 2.45) is 11.8 Å². The molecule has 19 nitrogen and oxygen atoms in total. The first-order valence-corrected chi connectivity index (χ1v) is 16.6. The first kappa shape index (κ1) is 33.0. The number of alkyl halides is 1. The SMILES string of the molecule is CO[C@]1(C)[C@H](O)[C@@H](COP(O)(=S)OP(=O)(O)OC2OC3(O)C2C(O)C(O)C3[C@@H](F)CO)O[C@H]1n1cnc2c(N)ncnc21. The minimum absolute atomic E-state index is 0.0993. The summed E-state index contributed by atoms with van der Waals surface area (Å²) in [4.78, 5) is 32.8. The van der Waals surface area contributed by atoms with Gasteiger partial charge < -0.3 is 59.8 Å². The molecule has 5 rings (SSSR count). The monoisotopic (exact) mass is 677 g/mol. The molecule has 0 spiro atoms. The van der Waals surface area contributed by atoms with Crippen LogP contribution in [-0.2, 0) is 43.9 Å². The van der Waals surface area contributed by atoms with Crippen molar-refractivity contribution < 1.29 is 71.8 Å². The maximum absolute atomic E-state index is 14.1. The van der Waals surface area contributed by atoms with Crippen LogP contribution < -0.4 is 5.73 Å². The standard InChI is InChI=1S/C20H30FN5O14P2S/c1-19(35-2)14(30)8(37-18(19)26-6-25-11-15(22)23-5-24-16(11)26)4-36-42(34,43)40-41(32,33)39-17-10-13(29)12(28)9(7(21)3-27)20(10,31)38-17/h5-10,12-14,17-18,27-31H,3-4H2,1-2H3,(H,32,33)(H,34,43)(H2,22,23,24)/t7-,8+,9?,10?,12?,13?,14+,17?,18+,19+,20?,42?/m0/s1. The summed E-state index contributed by atoms with van der Waals surface area (Å²) in [5.41, 5.74) is 4.93. The van der Waals surface area contributed by atoms with Gasteiger partial charge in [-0.25, -0.2) is 28.2 Å². The Hall–Kier alpha value is -1.36. The van der Waals surface area contributed by atoms with Crippen LogP contribution in [0.25, 0.3) is 11.2 Å². The molecule has 43 heavy (non-hydrogen) atoms. The van der Waals surface area contributed by atoms with Crippen molar-refractivity contribution in [1.82, 2.24) is 19.5 Å². The van der Waals surface area contributed by atoms with Gasteiger partial charge in [-0.05, 0) is 18.7 Å². The fraction of sp³-hybridized carbons (Fsp3) is 0.750. The summed E-state index contributed by atoms with van der Waals surface area (Å²) in [7, 11) is -4.06. The van der Waals surface area contributed by atoms with Crippen molar-refractivity contribution in [2.75, 3.05) is 26.1 Å². The molecule has 1 saturated carbocycles. The Labute approximate surface area is 246 Å². The number of nitrogen functional groups attached to an aromatic ring is 1. The molecule has 3 aliphatic rings. The number of fused-ring (bicyclic) bond motifs is 2. The number of rotatable bonds is 11. The van der Waals surface area contributed by atoms with E-state index in [4.69, 9.17) is 45.9 Å². The van der Waals surface area contributed by atoms with Gasteiger partial charge in [-0.1, -0.05) is 0 Å². The van der Waals surface area contributed by atoms with E-state index in [1.54, 1.807) is 0 Å². The van der Waals surface area contributed by atoms with Crippen molar-refractivity contribution in [1.29, 1.82) is 0 Å². The van der Waals surface area contributed by atoms with Crippen LogP contribution in [0.15, 0.2) is 12.7 Å². The number of ether oxygens (including phenoxy) is 3. The number of nitrogens with zero attached hydrogens (tertiary/aromatic N) is 4. The molecule has 0 amide bonds. The Kier molecular flexibility index (Phi) is 8.80. The van der Waals surface area contributed by atoms with E-state index in [0.29, 0.717) is 0 Å². The molecular weight excluding hydrogens is 647 g/mol. The molecule has 2 saturated heterocycles. The molecule has 0 bridgehead atoms. The van der Waals surface area contributed by atoms with Crippen LogP contribution in [0.5, 0.6) is 0 Å².